The topological polar surface area (TPSA) is 49.2 Å². The highest BCUT2D eigenvalue weighted by atomic mass is 32.1. The van der Waals surface area contributed by atoms with Crippen LogP contribution in [0.15, 0.2) is 0 Å². The fourth-order valence-corrected chi connectivity index (χ4v) is 2.57. The predicted molar refractivity (Wildman–Crippen MR) is 57.0 cm³/mol. The molecule has 0 aromatic carbocycles. The predicted octanol–water partition coefficient (Wildman–Crippen LogP) is 1.91. The quantitative estimate of drug-likeness (QED) is 0.908. The Balaban J connectivity index is 2.00. The smallest absolute Gasteiger partial charge is 0.386 e. The lowest BCUT2D eigenvalue weighted by Crippen LogP contribution is -2.61. The van der Waals surface area contributed by atoms with Crippen molar-refractivity contribution in [3.8, 4) is 0 Å². The summed E-state index contributed by atoms with van der Waals surface area (Å²) in [5.74, 6) is -1.11. The van der Waals surface area contributed by atoms with Gasteiger partial charge in [-0.15, -0.1) is 0 Å². The number of anilines is 1. The van der Waals surface area contributed by atoms with Gasteiger partial charge in [-0.2, -0.15) is 22.5 Å². The minimum absolute atomic E-state index is 0.220. The van der Waals surface area contributed by atoms with E-state index in [1.54, 1.807) is 4.90 Å². The highest BCUT2D eigenvalue weighted by molar-refractivity contribution is 7.09. The molecule has 0 amide bonds. The van der Waals surface area contributed by atoms with Gasteiger partial charge < -0.3 is 10.0 Å². The molecule has 1 saturated heterocycles. The molecule has 0 atom stereocenters. The van der Waals surface area contributed by atoms with Crippen LogP contribution in [0.2, 0.25) is 0 Å². The second-order valence-corrected chi connectivity index (χ2v) is 4.96. The molecule has 2 heterocycles. The molecule has 1 aliphatic heterocycles. The first-order valence-corrected chi connectivity index (χ1v) is 6.00. The Morgan fingerprint density at radius 1 is 1.47 bits per heavy atom. The third-order valence-electron chi connectivity index (χ3n) is 2.63. The maximum Gasteiger partial charge on any atom is 0.452 e. The second kappa shape index (κ2) is 4.09. The number of hydrogen-bond acceptors (Lipinski definition) is 5. The Hall–Kier alpha value is -0.890. The summed E-state index contributed by atoms with van der Waals surface area (Å²) < 4.78 is 40.1. The van der Waals surface area contributed by atoms with Crippen LogP contribution in [0.3, 0.4) is 0 Å². The monoisotopic (exact) mass is 267 g/mol. The third kappa shape index (κ3) is 2.52. The van der Waals surface area contributed by atoms with Gasteiger partial charge in [0.15, 0.2) is 0 Å². The van der Waals surface area contributed by atoms with Gasteiger partial charge in [0.1, 0.15) is 0 Å². The largest absolute Gasteiger partial charge is 0.452 e. The van der Waals surface area contributed by atoms with E-state index in [1.165, 1.54) is 0 Å². The summed E-state index contributed by atoms with van der Waals surface area (Å²) in [5, 5.41) is 10.1. The van der Waals surface area contributed by atoms with E-state index in [-0.39, 0.29) is 5.13 Å². The van der Waals surface area contributed by atoms with Crippen molar-refractivity contribution in [1.29, 1.82) is 0 Å². The molecule has 1 aromatic heterocycles. The van der Waals surface area contributed by atoms with Crippen LogP contribution in [0.4, 0.5) is 18.3 Å². The molecule has 0 radical (unpaired) electrons. The lowest BCUT2D eigenvalue weighted by molar-refractivity contribution is -0.144. The number of nitrogens with zero attached hydrogens (tertiary/aromatic N) is 3. The SMILES string of the molecule is CCCC1(O)CN(c2nc(C(F)(F)F)ns2)C1. The van der Waals surface area contributed by atoms with Gasteiger partial charge in [-0.25, -0.2) is 0 Å². The Morgan fingerprint density at radius 3 is 2.59 bits per heavy atom. The van der Waals surface area contributed by atoms with Crippen molar-refractivity contribution in [3.05, 3.63) is 5.82 Å². The van der Waals surface area contributed by atoms with Crippen LogP contribution in [0.25, 0.3) is 0 Å². The first kappa shape index (κ1) is 12.6. The molecule has 0 saturated carbocycles. The van der Waals surface area contributed by atoms with Crippen molar-refractivity contribution in [2.75, 3.05) is 18.0 Å². The first-order chi connectivity index (χ1) is 7.84. The van der Waals surface area contributed by atoms with Gasteiger partial charge in [0.25, 0.3) is 0 Å². The van der Waals surface area contributed by atoms with Crippen molar-refractivity contribution in [3.63, 3.8) is 0 Å². The normalized spacial score (nSPS) is 19.2. The first-order valence-electron chi connectivity index (χ1n) is 5.22. The van der Waals surface area contributed by atoms with Gasteiger partial charge >= 0.3 is 6.18 Å². The summed E-state index contributed by atoms with van der Waals surface area (Å²) in [4.78, 5) is 5.04. The van der Waals surface area contributed by atoms with Crippen molar-refractivity contribution in [1.82, 2.24) is 9.36 Å². The highest BCUT2D eigenvalue weighted by Crippen LogP contribution is 2.35. The molecule has 4 nitrogen and oxygen atoms in total. The number of rotatable bonds is 3. The van der Waals surface area contributed by atoms with Crippen molar-refractivity contribution >= 4 is 16.7 Å². The number of halogens is 3. The van der Waals surface area contributed by atoms with Gasteiger partial charge in [0.2, 0.25) is 11.0 Å². The summed E-state index contributed by atoms with van der Waals surface area (Å²) in [6, 6.07) is 0. The third-order valence-corrected chi connectivity index (χ3v) is 3.40. The van der Waals surface area contributed by atoms with Gasteiger partial charge in [0, 0.05) is 11.5 Å². The number of aromatic nitrogens is 2. The van der Waals surface area contributed by atoms with E-state index >= 15 is 0 Å². The van der Waals surface area contributed by atoms with Crippen LogP contribution in [-0.4, -0.2) is 33.2 Å². The second-order valence-electron chi connectivity index (χ2n) is 4.23. The maximum atomic E-state index is 12.3. The lowest BCUT2D eigenvalue weighted by Gasteiger charge is -2.46. The number of aliphatic hydroxyl groups is 1. The Morgan fingerprint density at radius 2 is 2.12 bits per heavy atom. The zero-order valence-corrected chi connectivity index (χ0v) is 9.98. The zero-order valence-electron chi connectivity index (χ0n) is 9.16. The van der Waals surface area contributed by atoms with Crippen molar-refractivity contribution in [2.24, 2.45) is 0 Å². The average Bonchev–Trinajstić information content (AvgIpc) is 2.61. The molecule has 0 unspecified atom stereocenters. The van der Waals surface area contributed by atoms with Crippen molar-refractivity contribution in [2.45, 2.75) is 31.5 Å². The minimum Gasteiger partial charge on any atom is -0.386 e. The Bertz CT molecular complexity index is 400. The molecule has 2 rings (SSSR count). The highest BCUT2D eigenvalue weighted by Gasteiger charge is 2.43. The number of hydrogen-bond donors (Lipinski definition) is 1. The molecule has 1 fully saturated rings. The molecule has 1 aromatic rings. The average molecular weight is 267 g/mol. The maximum absolute atomic E-state index is 12.3. The molecule has 96 valence electrons. The van der Waals surface area contributed by atoms with E-state index in [0.29, 0.717) is 31.0 Å². The van der Waals surface area contributed by atoms with Crippen LogP contribution >= 0.6 is 11.5 Å². The minimum atomic E-state index is -4.50. The van der Waals surface area contributed by atoms with E-state index in [1.807, 2.05) is 6.92 Å². The van der Waals surface area contributed by atoms with Crippen LogP contribution < -0.4 is 4.90 Å². The van der Waals surface area contributed by atoms with Gasteiger partial charge in [-0.1, -0.05) is 13.3 Å². The van der Waals surface area contributed by atoms with Gasteiger partial charge in [0.05, 0.1) is 18.7 Å². The van der Waals surface area contributed by atoms with E-state index in [9.17, 15) is 18.3 Å². The molecule has 0 aliphatic carbocycles. The molecular formula is C9H12F3N3OS. The van der Waals surface area contributed by atoms with Gasteiger partial charge in [-0.05, 0) is 6.42 Å². The van der Waals surface area contributed by atoms with Crippen molar-refractivity contribution < 1.29 is 18.3 Å². The summed E-state index contributed by atoms with van der Waals surface area (Å²) >= 11 is 0.713. The molecular weight excluding hydrogens is 255 g/mol. The van der Waals surface area contributed by atoms with E-state index in [4.69, 9.17) is 0 Å². The van der Waals surface area contributed by atoms with Gasteiger partial charge in [-0.3, -0.25) is 0 Å². The number of alkyl halides is 3. The summed E-state index contributed by atoms with van der Waals surface area (Å²) in [6.45, 7) is 2.61. The Labute approximate surface area is 100 Å². The van der Waals surface area contributed by atoms with E-state index in [2.05, 4.69) is 9.36 Å². The fourth-order valence-electron chi connectivity index (χ4n) is 1.88. The fraction of sp³-hybridized carbons (Fsp3) is 0.778. The summed E-state index contributed by atoms with van der Waals surface area (Å²) in [6.07, 6.45) is -3.01. The van der Waals surface area contributed by atoms with Crippen LogP contribution in [0, 0.1) is 0 Å². The molecule has 0 bridgehead atoms. The van der Waals surface area contributed by atoms with E-state index < -0.39 is 17.6 Å². The zero-order chi connectivity index (χ0) is 12.7. The standard InChI is InChI=1S/C9H12F3N3OS/c1-2-3-8(16)4-15(5-8)7-13-6(14-17-7)9(10,11)12/h16H,2-5H2,1H3. The van der Waals surface area contributed by atoms with Crippen LogP contribution in [-0.2, 0) is 6.18 Å². The number of β-amino-alcohol motifs (C(OH)–C–C–N with tert-alkyl or cyclic N) is 1. The molecule has 8 heteroatoms. The van der Waals surface area contributed by atoms with Crippen LogP contribution in [0.1, 0.15) is 25.6 Å². The Kier molecular flexibility index (Phi) is 3.03. The van der Waals surface area contributed by atoms with Crippen LogP contribution in [0.5, 0.6) is 0 Å². The lowest BCUT2D eigenvalue weighted by atomic mass is 9.90. The molecule has 1 aliphatic rings. The molecule has 0 spiro atoms. The summed E-state index contributed by atoms with van der Waals surface area (Å²) in [7, 11) is 0. The molecule has 17 heavy (non-hydrogen) atoms. The summed E-state index contributed by atoms with van der Waals surface area (Å²) in [5.41, 5.74) is -0.779. The van der Waals surface area contributed by atoms with E-state index in [0.717, 1.165) is 6.42 Å². The molecule has 1 N–H and O–H groups in total.